The molecular formula is C28H28F2N4O2. The molecule has 36 heavy (non-hydrogen) atoms. The molecular weight excluding hydrogens is 462 g/mol. The Labute approximate surface area is 208 Å². The maximum absolute atomic E-state index is 13.8. The average Bonchev–Trinajstić information content (AvgIpc) is 3.28. The molecule has 0 saturated carbocycles. The number of H-pyrrole nitrogens is 1. The van der Waals surface area contributed by atoms with Crippen LogP contribution < -0.4 is 15.5 Å². The Morgan fingerprint density at radius 3 is 2.44 bits per heavy atom. The predicted octanol–water partition coefficient (Wildman–Crippen LogP) is 4.58. The number of carbonyl (C=O) groups is 2. The summed E-state index contributed by atoms with van der Waals surface area (Å²) in [5, 5.41) is 6.56. The Morgan fingerprint density at radius 1 is 0.972 bits per heavy atom. The van der Waals surface area contributed by atoms with Gasteiger partial charge < -0.3 is 20.5 Å². The van der Waals surface area contributed by atoms with Crippen molar-refractivity contribution in [3.05, 3.63) is 101 Å². The molecule has 3 N–H and O–H groups in total. The molecule has 0 spiro atoms. The molecule has 186 valence electrons. The van der Waals surface area contributed by atoms with E-state index in [1.54, 1.807) is 0 Å². The molecule has 4 aromatic rings. The Balaban J connectivity index is 1.42. The van der Waals surface area contributed by atoms with Crippen LogP contribution in [0.3, 0.4) is 0 Å². The van der Waals surface area contributed by atoms with E-state index in [4.69, 9.17) is 0 Å². The zero-order chi connectivity index (χ0) is 25.7. The first-order valence-corrected chi connectivity index (χ1v) is 11.7. The van der Waals surface area contributed by atoms with Gasteiger partial charge >= 0.3 is 0 Å². The first-order chi connectivity index (χ1) is 17.3. The molecule has 2 amide bonds. The number of hydrogen-bond acceptors (Lipinski definition) is 3. The molecule has 0 radical (unpaired) electrons. The molecule has 0 aliphatic heterocycles. The number of anilines is 1. The van der Waals surface area contributed by atoms with E-state index in [1.807, 2.05) is 61.6 Å². The number of aromatic amines is 1. The van der Waals surface area contributed by atoms with E-state index in [0.717, 1.165) is 39.8 Å². The van der Waals surface area contributed by atoms with Crippen LogP contribution in [0.2, 0.25) is 0 Å². The van der Waals surface area contributed by atoms with Gasteiger partial charge in [0.25, 0.3) is 5.91 Å². The van der Waals surface area contributed by atoms with Crippen molar-refractivity contribution in [2.75, 3.05) is 32.1 Å². The van der Waals surface area contributed by atoms with Crippen LogP contribution in [0.1, 0.15) is 33.8 Å². The second-order valence-corrected chi connectivity index (χ2v) is 8.76. The molecule has 0 bridgehead atoms. The Morgan fingerprint density at radius 2 is 1.72 bits per heavy atom. The highest BCUT2D eigenvalue weighted by Gasteiger charge is 2.20. The lowest BCUT2D eigenvalue weighted by Gasteiger charge is -2.20. The van der Waals surface area contributed by atoms with Crippen LogP contribution in [-0.4, -0.2) is 44.0 Å². The van der Waals surface area contributed by atoms with E-state index in [1.165, 1.54) is 0 Å². The highest BCUT2D eigenvalue weighted by molar-refractivity contribution is 5.94. The molecule has 0 aliphatic rings. The van der Waals surface area contributed by atoms with Crippen LogP contribution in [-0.2, 0) is 4.79 Å². The summed E-state index contributed by atoms with van der Waals surface area (Å²) in [5.74, 6) is -2.74. The van der Waals surface area contributed by atoms with E-state index in [9.17, 15) is 18.4 Å². The molecule has 1 atom stereocenters. The lowest BCUT2D eigenvalue weighted by Crippen LogP contribution is -2.33. The average molecular weight is 491 g/mol. The van der Waals surface area contributed by atoms with Crippen LogP contribution in [0.15, 0.2) is 72.9 Å². The number of para-hydroxylation sites is 1. The van der Waals surface area contributed by atoms with Crippen LogP contribution in [0.4, 0.5) is 14.5 Å². The van der Waals surface area contributed by atoms with E-state index >= 15 is 0 Å². The number of halogens is 2. The van der Waals surface area contributed by atoms with Gasteiger partial charge in [-0.1, -0.05) is 30.3 Å². The van der Waals surface area contributed by atoms with Crippen molar-refractivity contribution in [2.45, 2.75) is 12.3 Å². The van der Waals surface area contributed by atoms with Gasteiger partial charge in [0.2, 0.25) is 5.91 Å². The number of nitrogens with one attached hydrogen (secondary N) is 3. The summed E-state index contributed by atoms with van der Waals surface area (Å²) >= 11 is 0. The van der Waals surface area contributed by atoms with Crippen molar-refractivity contribution in [2.24, 2.45) is 0 Å². The van der Waals surface area contributed by atoms with Crippen molar-refractivity contribution in [1.29, 1.82) is 0 Å². The van der Waals surface area contributed by atoms with Gasteiger partial charge in [-0.05, 0) is 41.5 Å². The van der Waals surface area contributed by atoms with Crippen molar-refractivity contribution in [1.82, 2.24) is 15.6 Å². The van der Waals surface area contributed by atoms with Crippen LogP contribution in [0.25, 0.3) is 10.9 Å². The zero-order valence-corrected chi connectivity index (χ0v) is 20.1. The molecule has 6 nitrogen and oxygen atoms in total. The summed E-state index contributed by atoms with van der Waals surface area (Å²) in [4.78, 5) is 30.1. The lowest BCUT2D eigenvalue weighted by molar-refractivity contribution is -0.120. The summed E-state index contributed by atoms with van der Waals surface area (Å²) in [6.07, 6.45) is 1.99. The molecule has 0 fully saturated rings. The highest BCUT2D eigenvalue weighted by Crippen LogP contribution is 2.31. The first-order valence-electron chi connectivity index (χ1n) is 11.7. The quantitative estimate of drug-likeness (QED) is 0.321. The second kappa shape index (κ2) is 11.0. The number of rotatable bonds is 9. The van der Waals surface area contributed by atoms with Gasteiger partial charge in [-0.3, -0.25) is 9.59 Å². The van der Waals surface area contributed by atoms with E-state index in [-0.39, 0.29) is 30.4 Å². The van der Waals surface area contributed by atoms with E-state index in [2.05, 4.69) is 27.8 Å². The standard InChI is InChI=1S/C28H28F2N4O2/c1-34(2)20-10-7-18(8-11-20)23(24-17-32-26-6-4-3-5-21(24)26)16-33-27(35)13-14-31-28(36)22-12-9-19(29)15-25(22)30/h3-12,15,17,23,32H,13-14,16H2,1-2H3,(H,31,36)(H,33,35). The largest absolute Gasteiger partial charge is 0.378 e. The monoisotopic (exact) mass is 490 g/mol. The third-order valence-corrected chi connectivity index (χ3v) is 6.13. The van der Waals surface area contributed by atoms with Gasteiger partial charge in [-0.15, -0.1) is 0 Å². The van der Waals surface area contributed by atoms with Gasteiger partial charge in [0.05, 0.1) is 5.56 Å². The van der Waals surface area contributed by atoms with Crippen molar-refractivity contribution in [3.8, 4) is 0 Å². The van der Waals surface area contributed by atoms with Crippen LogP contribution >= 0.6 is 0 Å². The van der Waals surface area contributed by atoms with Gasteiger partial charge in [0, 0.05) is 68.4 Å². The fraction of sp³-hybridized carbons (Fsp3) is 0.214. The van der Waals surface area contributed by atoms with Gasteiger partial charge in [-0.2, -0.15) is 0 Å². The number of amides is 2. The molecule has 4 rings (SSSR count). The number of benzene rings is 3. The Hall–Kier alpha value is -4.20. The van der Waals surface area contributed by atoms with Gasteiger partial charge in [0.15, 0.2) is 0 Å². The predicted molar refractivity (Wildman–Crippen MR) is 137 cm³/mol. The maximum Gasteiger partial charge on any atom is 0.254 e. The second-order valence-electron chi connectivity index (χ2n) is 8.76. The lowest BCUT2D eigenvalue weighted by atomic mass is 9.90. The Bertz CT molecular complexity index is 1370. The summed E-state index contributed by atoms with van der Waals surface area (Å²) < 4.78 is 26.8. The molecule has 0 aliphatic carbocycles. The SMILES string of the molecule is CN(C)c1ccc(C(CNC(=O)CCNC(=O)c2ccc(F)cc2F)c2c[nH]c3ccccc23)cc1. The van der Waals surface area contributed by atoms with Gasteiger partial charge in [0.1, 0.15) is 11.6 Å². The summed E-state index contributed by atoms with van der Waals surface area (Å²) in [6, 6.07) is 19.0. The van der Waals surface area contributed by atoms with Crippen molar-refractivity contribution in [3.63, 3.8) is 0 Å². The molecule has 3 aromatic carbocycles. The number of nitrogens with zero attached hydrogens (tertiary/aromatic N) is 1. The van der Waals surface area contributed by atoms with Crippen molar-refractivity contribution >= 4 is 28.4 Å². The minimum Gasteiger partial charge on any atom is -0.378 e. The Kier molecular flexibility index (Phi) is 7.63. The van der Waals surface area contributed by atoms with Gasteiger partial charge in [-0.25, -0.2) is 8.78 Å². The topological polar surface area (TPSA) is 77.2 Å². The molecule has 8 heteroatoms. The minimum absolute atomic E-state index is 0.0225. The molecule has 1 aromatic heterocycles. The van der Waals surface area contributed by atoms with Crippen molar-refractivity contribution < 1.29 is 18.4 Å². The minimum atomic E-state index is -0.946. The first kappa shape index (κ1) is 24.9. The third kappa shape index (κ3) is 5.71. The fourth-order valence-electron chi connectivity index (χ4n) is 4.16. The summed E-state index contributed by atoms with van der Waals surface area (Å²) in [5.41, 5.74) is 3.96. The number of hydrogen-bond donors (Lipinski definition) is 3. The third-order valence-electron chi connectivity index (χ3n) is 6.13. The number of aromatic nitrogens is 1. The summed E-state index contributed by atoms with van der Waals surface area (Å²) in [6.45, 7) is 0.388. The molecule has 1 heterocycles. The van der Waals surface area contributed by atoms with Crippen LogP contribution in [0, 0.1) is 11.6 Å². The van der Waals surface area contributed by atoms with E-state index < -0.39 is 17.5 Å². The van der Waals surface area contributed by atoms with E-state index in [0.29, 0.717) is 12.6 Å². The number of carbonyl (C=O) groups excluding carboxylic acids is 2. The zero-order valence-electron chi connectivity index (χ0n) is 20.1. The normalized spacial score (nSPS) is 11.8. The summed E-state index contributed by atoms with van der Waals surface area (Å²) in [7, 11) is 3.96. The maximum atomic E-state index is 13.8. The smallest absolute Gasteiger partial charge is 0.254 e. The number of fused-ring (bicyclic) bond motifs is 1. The molecule has 1 unspecified atom stereocenters. The highest BCUT2D eigenvalue weighted by atomic mass is 19.1. The van der Waals surface area contributed by atoms with Crippen LogP contribution in [0.5, 0.6) is 0 Å². The fourth-order valence-corrected chi connectivity index (χ4v) is 4.16. The molecule has 0 saturated heterocycles.